The Balaban J connectivity index is 1.74. The van der Waals surface area contributed by atoms with Crippen molar-refractivity contribution < 1.29 is 9.53 Å². The van der Waals surface area contributed by atoms with Crippen LogP contribution in [0.2, 0.25) is 0 Å². The van der Waals surface area contributed by atoms with E-state index < -0.39 is 0 Å². The highest BCUT2D eigenvalue weighted by molar-refractivity contribution is 7.12. The Morgan fingerprint density at radius 2 is 2.25 bits per heavy atom. The molecule has 1 saturated heterocycles. The second-order valence-corrected chi connectivity index (χ2v) is 5.79. The first-order chi connectivity index (χ1) is 9.74. The van der Waals surface area contributed by atoms with Crippen LogP contribution in [0.25, 0.3) is 0 Å². The standard InChI is InChI=1S/C15H16N2O2S/c1-11-8-14(20-10-11)15(18)17-6-7-19-13(9-17)12-2-4-16-5-3-12/h2-5,8,10,13H,6-7,9H2,1H3/t13-/m0/s1. The van der Waals surface area contributed by atoms with Crippen molar-refractivity contribution in [1.29, 1.82) is 0 Å². The fraction of sp³-hybridized carbons (Fsp3) is 0.333. The van der Waals surface area contributed by atoms with Gasteiger partial charge in [-0.3, -0.25) is 9.78 Å². The Kier molecular flexibility index (Phi) is 3.80. The van der Waals surface area contributed by atoms with Crippen LogP contribution in [0.5, 0.6) is 0 Å². The Hall–Kier alpha value is -1.72. The Morgan fingerprint density at radius 3 is 2.95 bits per heavy atom. The van der Waals surface area contributed by atoms with Crippen LogP contribution in [0.4, 0.5) is 0 Å². The number of rotatable bonds is 2. The molecule has 2 aromatic rings. The van der Waals surface area contributed by atoms with Crippen LogP contribution >= 0.6 is 11.3 Å². The molecule has 1 aliphatic heterocycles. The molecule has 3 rings (SSSR count). The number of hydrogen-bond acceptors (Lipinski definition) is 4. The van der Waals surface area contributed by atoms with Crippen molar-refractivity contribution in [3.63, 3.8) is 0 Å². The molecular formula is C15H16N2O2S. The molecule has 1 amide bonds. The van der Waals surface area contributed by atoms with Gasteiger partial charge in [0.05, 0.1) is 18.0 Å². The first-order valence-electron chi connectivity index (χ1n) is 6.60. The van der Waals surface area contributed by atoms with Crippen molar-refractivity contribution in [3.05, 3.63) is 52.0 Å². The van der Waals surface area contributed by atoms with Gasteiger partial charge in [-0.05, 0) is 41.6 Å². The number of ether oxygens (including phenoxy) is 1. The second kappa shape index (κ2) is 5.73. The third kappa shape index (κ3) is 2.73. The normalized spacial score (nSPS) is 19.1. The molecule has 20 heavy (non-hydrogen) atoms. The molecule has 1 fully saturated rings. The van der Waals surface area contributed by atoms with Crippen molar-refractivity contribution in [1.82, 2.24) is 9.88 Å². The van der Waals surface area contributed by atoms with E-state index in [-0.39, 0.29) is 12.0 Å². The third-order valence-electron chi connectivity index (χ3n) is 3.37. The molecule has 2 aromatic heterocycles. The number of hydrogen-bond donors (Lipinski definition) is 0. The Morgan fingerprint density at radius 1 is 1.45 bits per heavy atom. The van der Waals surface area contributed by atoms with Crippen molar-refractivity contribution in [2.24, 2.45) is 0 Å². The summed E-state index contributed by atoms with van der Waals surface area (Å²) < 4.78 is 5.77. The fourth-order valence-electron chi connectivity index (χ4n) is 2.31. The summed E-state index contributed by atoms with van der Waals surface area (Å²) >= 11 is 1.51. The molecule has 0 spiro atoms. The highest BCUT2D eigenvalue weighted by Crippen LogP contribution is 2.24. The molecule has 1 aliphatic rings. The van der Waals surface area contributed by atoms with Crippen LogP contribution in [0.3, 0.4) is 0 Å². The molecule has 0 N–H and O–H groups in total. The van der Waals surface area contributed by atoms with Gasteiger partial charge in [-0.1, -0.05) is 0 Å². The first kappa shape index (κ1) is 13.3. The number of morpholine rings is 1. The maximum atomic E-state index is 12.5. The molecular weight excluding hydrogens is 272 g/mol. The number of carbonyl (C=O) groups excluding carboxylic acids is 1. The summed E-state index contributed by atoms with van der Waals surface area (Å²) in [6.45, 7) is 3.83. The first-order valence-corrected chi connectivity index (χ1v) is 7.48. The van der Waals surface area contributed by atoms with Crippen molar-refractivity contribution in [3.8, 4) is 0 Å². The summed E-state index contributed by atoms with van der Waals surface area (Å²) in [4.78, 5) is 19.1. The lowest BCUT2D eigenvalue weighted by Crippen LogP contribution is -2.42. The fourth-order valence-corrected chi connectivity index (χ4v) is 3.18. The van der Waals surface area contributed by atoms with Crippen LogP contribution in [-0.2, 0) is 4.74 Å². The topological polar surface area (TPSA) is 42.4 Å². The lowest BCUT2D eigenvalue weighted by Gasteiger charge is -2.32. The van der Waals surface area contributed by atoms with Crippen LogP contribution in [-0.4, -0.2) is 35.5 Å². The van der Waals surface area contributed by atoms with E-state index in [2.05, 4.69) is 4.98 Å². The number of carbonyl (C=O) groups is 1. The molecule has 0 saturated carbocycles. The van der Waals surface area contributed by atoms with Gasteiger partial charge in [0.25, 0.3) is 5.91 Å². The molecule has 1 atom stereocenters. The van der Waals surface area contributed by atoms with E-state index >= 15 is 0 Å². The van der Waals surface area contributed by atoms with Gasteiger partial charge in [-0.25, -0.2) is 0 Å². The monoisotopic (exact) mass is 288 g/mol. The quantitative estimate of drug-likeness (QED) is 0.853. The molecule has 3 heterocycles. The molecule has 0 radical (unpaired) electrons. The molecule has 4 nitrogen and oxygen atoms in total. The van der Waals surface area contributed by atoms with E-state index in [1.807, 2.05) is 35.4 Å². The van der Waals surface area contributed by atoms with Gasteiger partial charge in [0.2, 0.25) is 0 Å². The van der Waals surface area contributed by atoms with E-state index in [0.717, 1.165) is 16.0 Å². The van der Waals surface area contributed by atoms with Crippen molar-refractivity contribution in [2.75, 3.05) is 19.7 Å². The summed E-state index contributed by atoms with van der Waals surface area (Å²) in [5.41, 5.74) is 2.21. The van der Waals surface area contributed by atoms with Gasteiger partial charge in [0, 0.05) is 18.9 Å². The summed E-state index contributed by atoms with van der Waals surface area (Å²) in [7, 11) is 0. The lowest BCUT2D eigenvalue weighted by molar-refractivity contribution is -0.0226. The predicted octanol–water partition coefficient (Wildman–Crippen LogP) is 2.67. The SMILES string of the molecule is Cc1csc(C(=O)N2CCO[C@H](c3ccncc3)C2)c1. The minimum atomic E-state index is -0.0586. The third-order valence-corrected chi connectivity index (χ3v) is 4.41. The molecule has 0 unspecified atom stereocenters. The predicted molar refractivity (Wildman–Crippen MR) is 77.9 cm³/mol. The molecule has 0 bridgehead atoms. The van der Waals surface area contributed by atoms with E-state index in [4.69, 9.17) is 4.74 Å². The smallest absolute Gasteiger partial charge is 0.264 e. The summed E-state index contributed by atoms with van der Waals surface area (Å²) in [6.07, 6.45) is 3.45. The maximum absolute atomic E-state index is 12.5. The van der Waals surface area contributed by atoms with Gasteiger partial charge in [-0.2, -0.15) is 0 Å². The van der Waals surface area contributed by atoms with Gasteiger partial charge in [-0.15, -0.1) is 11.3 Å². The number of aryl methyl sites for hydroxylation is 1. The number of amides is 1. The second-order valence-electron chi connectivity index (χ2n) is 4.88. The zero-order valence-electron chi connectivity index (χ0n) is 11.3. The molecule has 0 aliphatic carbocycles. The Bertz CT molecular complexity index is 597. The molecule has 104 valence electrons. The average molecular weight is 288 g/mol. The lowest BCUT2D eigenvalue weighted by atomic mass is 10.1. The van der Waals surface area contributed by atoms with Crippen LogP contribution in [0, 0.1) is 6.92 Å². The van der Waals surface area contributed by atoms with Crippen LogP contribution in [0.1, 0.15) is 26.9 Å². The number of thiophene rings is 1. The van der Waals surface area contributed by atoms with Gasteiger partial charge >= 0.3 is 0 Å². The summed E-state index contributed by atoms with van der Waals surface area (Å²) in [6, 6.07) is 5.83. The largest absolute Gasteiger partial charge is 0.370 e. The van der Waals surface area contributed by atoms with E-state index in [9.17, 15) is 4.79 Å². The van der Waals surface area contributed by atoms with Crippen molar-refractivity contribution in [2.45, 2.75) is 13.0 Å². The highest BCUT2D eigenvalue weighted by Gasteiger charge is 2.26. The summed E-state index contributed by atoms with van der Waals surface area (Å²) in [5, 5.41) is 2.01. The van der Waals surface area contributed by atoms with Gasteiger partial charge in [0.15, 0.2) is 0 Å². The maximum Gasteiger partial charge on any atom is 0.264 e. The Labute approximate surface area is 122 Å². The van der Waals surface area contributed by atoms with E-state index in [1.165, 1.54) is 11.3 Å². The van der Waals surface area contributed by atoms with E-state index in [1.54, 1.807) is 12.4 Å². The number of nitrogens with zero attached hydrogens (tertiary/aromatic N) is 2. The van der Waals surface area contributed by atoms with Crippen LogP contribution in [0.15, 0.2) is 36.0 Å². The van der Waals surface area contributed by atoms with Crippen molar-refractivity contribution >= 4 is 17.2 Å². The van der Waals surface area contributed by atoms with E-state index in [0.29, 0.717) is 19.7 Å². The van der Waals surface area contributed by atoms with Crippen LogP contribution < -0.4 is 0 Å². The number of pyridine rings is 1. The number of aromatic nitrogens is 1. The highest BCUT2D eigenvalue weighted by atomic mass is 32.1. The van der Waals surface area contributed by atoms with Gasteiger partial charge < -0.3 is 9.64 Å². The molecule has 0 aromatic carbocycles. The minimum Gasteiger partial charge on any atom is -0.370 e. The average Bonchev–Trinajstić information content (AvgIpc) is 2.94. The summed E-state index contributed by atoms with van der Waals surface area (Å²) in [5.74, 6) is 0.102. The zero-order chi connectivity index (χ0) is 13.9. The van der Waals surface area contributed by atoms with Gasteiger partial charge in [0.1, 0.15) is 6.10 Å². The molecule has 5 heteroatoms. The minimum absolute atomic E-state index is 0.0586. The zero-order valence-corrected chi connectivity index (χ0v) is 12.1.